The van der Waals surface area contributed by atoms with Crippen molar-refractivity contribution in [2.75, 3.05) is 11.5 Å². The van der Waals surface area contributed by atoms with Gasteiger partial charge in [0.1, 0.15) is 5.60 Å². The van der Waals surface area contributed by atoms with Crippen LogP contribution in [0.2, 0.25) is 0 Å². The van der Waals surface area contributed by atoms with Crippen LogP contribution < -0.4 is 0 Å². The number of rotatable bonds is 2. The fourth-order valence-electron chi connectivity index (χ4n) is 2.17. The van der Waals surface area contributed by atoms with E-state index in [0.717, 1.165) is 30.0 Å². The maximum atomic E-state index is 10.9. The van der Waals surface area contributed by atoms with Gasteiger partial charge in [-0.1, -0.05) is 13.8 Å². The second-order valence-electron chi connectivity index (χ2n) is 5.13. The molecule has 1 saturated heterocycles. The van der Waals surface area contributed by atoms with Crippen LogP contribution in [0.15, 0.2) is 12.4 Å². The molecule has 1 aromatic rings. The summed E-state index contributed by atoms with van der Waals surface area (Å²) in [6, 6.07) is 0. The van der Waals surface area contributed by atoms with Gasteiger partial charge in [0.15, 0.2) is 0 Å². The first kappa shape index (κ1) is 12.0. The fraction of sp³-hybridized carbons (Fsp3) is 0.750. The summed E-state index contributed by atoms with van der Waals surface area (Å²) in [6.07, 6.45) is 4.84. The number of hydrogen-bond acceptors (Lipinski definition) is 3. The Kier molecular flexibility index (Phi) is 3.05. The maximum Gasteiger partial charge on any atom is 0.107 e. The van der Waals surface area contributed by atoms with E-state index in [1.165, 1.54) is 0 Å². The lowest BCUT2D eigenvalue weighted by Crippen LogP contribution is -2.47. The van der Waals surface area contributed by atoms with E-state index >= 15 is 0 Å². The lowest BCUT2D eigenvalue weighted by molar-refractivity contribution is -0.0579. The van der Waals surface area contributed by atoms with E-state index in [0.29, 0.717) is 0 Å². The number of nitrogens with zero attached hydrogens (tertiary/aromatic N) is 2. The molecule has 0 amide bonds. The summed E-state index contributed by atoms with van der Waals surface area (Å²) in [4.78, 5) is 0. The van der Waals surface area contributed by atoms with Crippen LogP contribution in [0.5, 0.6) is 0 Å². The standard InChI is InChI=1S/C12H20N2OS/c1-4-14-8-10(7-13-14)12(15)9-16-6-5-11(12,2)3/h7-8,15H,4-6,9H2,1-3H3. The van der Waals surface area contributed by atoms with Crippen molar-refractivity contribution in [1.82, 2.24) is 9.78 Å². The lowest BCUT2D eigenvalue weighted by atomic mass is 9.70. The molecule has 4 heteroatoms. The third-order valence-corrected chi connectivity index (χ3v) is 4.85. The van der Waals surface area contributed by atoms with Crippen molar-refractivity contribution in [3.8, 4) is 0 Å². The van der Waals surface area contributed by atoms with Gasteiger partial charge in [-0.15, -0.1) is 0 Å². The van der Waals surface area contributed by atoms with Crippen molar-refractivity contribution in [3.05, 3.63) is 18.0 Å². The summed E-state index contributed by atoms with van der Waals surface area (Å²) in [7, 11) is 0. The highest BCUT2D eigenvalue weighted by Gasteiger charge is 2.47. The molecule has 0 saturated carbocycles. The number of hydrogen-bond donors (Lipinski definition) is 1. The minimum Gasteiger partial charge on any atom is -0.384 e. The average Bonchev–Trinajstić information content (AvgIpc) is 2.71. The van der Waals surface area contributed by atoms with Gasteiger partial charge in [0.2, 0.25) is 0 Å². The van der Waals surface area contributed by atoms with Gasteiger partial charge in [0.05, 0.1) is 6.20 Å². The number of thioether (sulfide) groups is 1. The SMILES string of the molecule is CCn1cc(C2(O)CSCCC2(C)C)cn1. The third-order valence-electron chi connectivity index (χ3n) is 3.74. The minimum absolute atomic E-state index is 0.0696. The van der Waals surface area contributed by atoms with E-state index in [1.54, 1.807) is 0 Å². The summed E-state index contributed by atoms with van der Waals surface area (Å²) in [6.45, 7) is 7.21. The molecule has 1 atom stereocenters. The fourth-order valence-corrected chi connectivity index (χ4v) is 3.83. The molecule has 1 aromatic heterocycles. The highest BCUT2D eigenvalue weighted by Crippen LogP contribution is 2.48. The third kappa shape index (κ3) is 1.78. The lowest BCUT2D eigenvalue weighted by Gasteiger charge is -2.45. The zero-order valence-corrected chi connectivity index (χ0v) is 11.0. The number of aliphatic hydroxyl groups is 1. The summed E-state index contributed by atoms with van der Waals surface area (Å²) in [5.74, 6) is 1.91. The smallest absolute Gasteiger partial charge is 0.107 e. The molecule has 0 aliphatic carbocycles. The molecule has 0 aromatic carbocycles. The molecule has 0 bridgehead atoms. The van der Waals surface area contributed by atoms with E-state index in [-0.39, 0.29) is 5.41 Å². The van der Waals surface area contributed by atoms with Crippen molar-refractivity contribution in [2.24, 2.45) is 5.41 Å². The number of aromatic nitrogens is 2. The molecule has 1 unspecified atom stereocenters. The Morgan fingerprint density at radius 3 is 2.88 bits per heavy atom. The zero-order valence-electron chi connectivity index (χ0n) is 10.2. The molecule has 1 aliphatic rings. The molecule has 3 nitrogen and oxygen atoms in total. The molecule has 1 fully saturated rings. The zero-order chi connectivity index (χ0) is 11.8. The van der Waals surface area contributed by atoms with Gasteiger partial charge in [-0.05, 0) is 24.5 Å². The van der Waals surface area contributed by atoms with Crippen LogP contribution in [0.3, 0.4) is 0 Å². The van der Waals surface area contributed by atoms with Gasteiger partial charge in [-0.3, -0.25) is 4.68 Å². The van der Waals surface area contributed by atoms with Crippen molar-refractivity contribution < 1.29 is 5.11 Å². The average molecular weight is 240 g/mol. The van der Waals surface area contributed by atoms with Gasteiger partial charge < -0.3 is 5.11 Å². The quantitative estimate of drug-likeness (QED) is 0.861. The van der Waals surface area contributed by atoms with Crippen LogP contribution in [0.4, 0.5) is 0 Å². The van der Waals surface area contributed by atoms with E-state index in [9.17, 15) is 5.11 Å². The molecule has 16 heavy (non-hydrogen) atoms. The predicted octanol–water partition coefficient (Wildman–Crippen LogP) is 2.25. The monoisotopic (exact) mass is 240 g/mol. The Bertz CT molecular complexity index is 375. The van der Waals surface area contributed by atoms with Gasteiger partial charge in [0, 0.05) is 24.1 Å². The van der Waals surface area contributed by atoms with Crippen molar-refractivity contribution >= 4 is 11.8 Å². The van der Waals surface area contributed by atoms with Gasteiger partial charge >= 0.3 is 0 Å². The van der Waals surface area contributed by atoms with E-state index in [1.807, 2.05) is 28.8 Å². The van der Waals surface area contributed by atoms with Crippen LogP contribution in [0, 0.1) is 5.41 Å². The van der Waals surface area contributed by atoms with Gasteiger partial charge in [-0.25, -0.2) is 0 Å². The highest BCUT2D eigenvalue weighted by molar-refractivity contribution is 7.99. The Morgan fingerprint density at radius 1 is 1.56 bits per heavy atom. The Labute approximate surface area is 101 Å². The number of aryl methyl sites for hydroxylation is 1. The molecule has 0 radical (unpaired) electrons. The minimum atomic E-state index is -0.733. The molecule has 0 spiro atoms. The summed E-state index contributed by atoms with van der Waals surface area (Å²) in [5.41, 5.74) is 0.162. The van der Waals surface area contributed by atoms with E-state index < -0.39 is 5.60 Å². The molecule has 2 rings (SSSR count). The Hall–Kier alpha value is -0.480. The predicted molar refractivity (Wildman–Crippen MR) is 67.5 cm³/mol. The van der Waals surface area contributed by atoms with Gasteiger partial charge in [-0.2, -0.15) is 16.9 Å². The first-order valence-electron chi connectivity index (χ1n) is 5.83. The van der Waals surface area contributed by atoms with Crippen LogP contribution >= 0.6 is 11.8 Å². The molecule has 2 heterocycles. The van der Waals surface area contributed by atoms with Crippen LogP contribution in [0.1, 0.15) is 32.8 Å². The molecule has 90 valence electrons. The molecular weight excluding hydrogens is 220 g/mol. The normalized spacial score (nSPS) is 29.2. The summed E-state index contributed by atoms with van der Waals surface area (Å²) < 4.78 is 1.88. The van der Waals surface area contributed by atoms with Crippen LogP contribution in [-0.4, -0.2) is 26.4 Å². The molecular formula is C12H20N2OS. The summed E-state index contributed by atoms with van der Waals surface area (Å²) in [5, 5.41) is 15.2. The van der Waals surface area contributed by atoms with Crippen molar-refractivity contribution in [3.63, 3.8) is 0 Å². The van der Waals surface area contributed by atoms with Crippen LogP contribution in [0.25, 0.3) is 0 Å². The topological polar surface area (TPSA) is 38.0 Å². The van der Waals surface area contributed by atoms with Crippen molar-refractivity contribution in [2.45, 2.75) is 39.3 Å². The van der Waals surface area contributed by atoms with E-state index in [4.69, 9.17) is 0 Å². The highest BCUT2D eigenvalue weighted by atomic mass is 32.2. The Morgan fingerprint density at radius 2 is 2.31 bits per heavy atom. The molecule has 1 N–H and O–H groups in total. The largest absolute Gasteiger partial charge is 0.384 e. The first-order chi connectivity index (χ1) is 7.49. The molecule has 1 aliphatic heterocycles. The van der Waals surface area contributed by atoms with Crippen LogP contribution in [-0.2, 0) is 12.1 Å². The maximum absolute atomic E-state index is 10.9. The van der Waals surface area contributed by atoms with Gasteiger partial charge in [0.25, 0.3) is 0 Å². The van der Waals surface area contributed by atoms with E-state index in [2.05, 4.69) is 25.9 Å². The summed E-state index contributed by atoms with van der Waals surface area (Å²) >= 11 is 1.83. The second-order valence-corrected chi connectivity index (χ2v) is 6.24. The Balaban J connectivity index is 2.35. The van der Waals surface area contributed by atoms with Crippen molar-refractivity contribution in [1.29, 1.82) is 0 Å². The second kappa shape index (κ2) is 4.08. The first-order valence-corrected chi connectivity index (χ1v) is 6.98.